The van der Waals surface area contributed by atoms with E-state index >= 15 is 0 Å². The first-order valence-corrected chi connectivity index (χ1v) is 6.45. The fourth-order valence-corrected chi connectivity index (χ4v) is 2.43. The van der Waals surface area contributed by atoms with Crippen molar-refractivity contribution in [2.24, 2.45) is 5.92 Å². The molecule has 0 radical (unpaired) electrons. The Balaban J connectivity index is 2.48. The van der Waals surface area contributed by atoms with Crippen molar-refractivity contribution in [3.63, 3.8) is 0 Å². The van der Waals surface area contributed by atoms with Gasteiger partial charge in [0.15, 0.2) is 0 Å². The van der Waals surface area contributed by atoms with Crippen molar-refractivity contribution in [2.75, 3.05) is 20.6 Å². The number of ketones is 1. The third kappa shape index (κ3) is 3.45. The maximum absolute atomic E-state index is 12.0. The zero-order valence-electron chi connectivity index (χ0n) is 11.4. The van der Waals surface area contributed by atoms with E-state index in [9.17, 15) is 9.59 Å². The minimum Gasteiger partial charge on any atom is -0.328 e. The Labute approximate surface area is 104 Å². The van der Waals surface area contributed by atoms with Gasteiger partial charge in [0.05, 0.1) is 0 Å². The largest absolute Gasteiger partial charge is 0.328 e. The normalized spacial score (nSPS) is 24.2. The lowest BCUT2D eigenvalue weighted by atomic mass is 9.83. The Morgan fingerprint density at radius 2 is 1.65 bits per heavy atom. The summed E-state index contributed by atoms with van der Waals surface area (Å²) in [4.78, 5) is 26.8. The van der Waals surface area contributed by atoms with Gasteiger partial charge in [-0.3, -0.25) is 4.79 Å². The van der Waals surface area contributed by atoms with E-state index in [1.165, 1.54) is 0 Å². The molecule has 98 valence electrons. The van der Waals surface area contributed by atoms with Gasteiger partial charge in [0.25, 0.3) is 0 Å². The minimum atomic E-state index is 0.0822. The van der Waals surface area contributed by atoms with Gasteiger partial charge in [-0.2, -0.15) is 0 Å². The van der Waals surface area contributed by atoms with Crippen LogP contribution in [0.1, 0.15) is 39.5 Å². The molecule has 0 N–H and O–H groups in total. The first-order valence-electron chi connectivity index (χ1n) is 6.45. The first-order chi connectivity index (χ1) is 7.97. The molecule has 0 saturated heterocycles. The van der Waals surface area contributed by atoms with Crippen LogP contribution in [0.5, 0.6) is 0 Å². The summed E-state index contributed by atoms with van der Waals surface area (Å²) in [6.45, 7) is 4.37. The van der Waals surface area contributed by atoms with Crippen molar-refractivity contribution >= 4 is 11.8 Å². The average Bonchev–Trinajstić information content (AvgIpc) is 2.36. The summed E-state index contributed by atoms with van der Waals surface area (Å²) in [6, 6.07) is 0.380. The number of hydrogen-bond acceptors (Lipinski definition) is 2. The van der Waals surface area contributed by atoms with Crippen LogP contribution in [-0.2, 0) is 4.79 Å². The Morgan fingerprint density at radius 3 is 2.06 bits per heavy atom. The number of rotatable bonds is 3. The summed E-state index contributed by atoms with van der Waals surface area (Å²) >= 11 is 0. The summed E-state index contributed by atoms with van der Waals surface area (Å²) in [5, 5.41) is 0. The Hall–Kier alpha value is -1.06. The number of urea groups is 1. The fourth-order valence-electron chi connectivity index (χ4n) is 2.43. The molecule has 17 heavy (non-hydrogen) atoms. The van der Waals surface area contributed by atoms with Gasteiger partial charge in [0, 0.05) is 32.6 Å². The highest BCUT2D eigenvalue weighted by Crippen LogP contribution is 2.27. The molecule has 1 aliphatic carbocycles. The highest BCUT2D eigenvalue weighted by Gasteiger charge is 2.29. The highest BCUT2D eigenvalue weighted by atomic mass is 16.2. The molecule has 0 aliphatic heterocycles. The van der Waals surface area contributed by atoms with Crippen LogP contribution in [0.3, 0.4) is 0 Å². The molecule has 4 heteroatoms. The van der Waals surface area contributed by atoms with E-state index in [-0.39, 0.29) is 11.9 Å². The predicted octanol–water partition coefficient (Wildman–Crippen LogP) is 2.14. The maximum Gasteiger partial charge on any atom is 0.319 e. The number of hydrogen-bond donors (Lipinski definition) is 0. The van der Waals surface area contributed by atoms with Gasteiger partial charge in [-0.05, 0) is 39.5 Å². The quantitative estimate of drug-likeness (QED) is 0.758. The van der Waals surface area contributed by atoms with Crippen LogP contribution in [-0.4, -0.2) is 48.3 Å². The van der Waals surface area contributed by atoms with Crippen molar-refractivity contribution in [3.05, 3.63) is 0 Å². The molecule has 0 bridgehead atoms. The lowest BCUT2D eigenvalue weighted by Gasteiger charge is -2.35. The van der Waals surface area contributed by atoms with Crippen LogP contribution in [0.2, 0.25) is 0 Å². The first kappa shape index (κ1) is 14.0. The molecule has 0 aromatic rings. The van der Waals surface area contributed by atoms with Crippen molar-refractivity contribution in [1.29, 1.82) is 0 Å². The molecule has 1 saturated carbocycles. The molecule has 2 amide bonds. The Bertz CT molecular complexity index is 283. The number of nitrogens with zero attached hydrogens (tertiary/aromatic N) is 2. The maximum atomic E-state index is 12.0. The molecule has 0 spiro atoms. The van der Waals surface area contributed by atoms with Crippen LogP contribution in [0.4, 0.5) is 4.79 Å². The Kier molecular flexibility index (Phi) is 4.97. The van der Waals surface area contributed by atoms with E-state index < -0.39 is 0 Å². The molecule has 0 heterocycles. The number of carbonyl (C=O) groups is 2. The molecule has 4 nitrogen and oxygen atoms in total. The zero-order chi connectivity index (χ0) is 13.0. The van der Waals surface area contributed by atoms with Gasteiger partial charge in [-0.15, -0.1) is 0 Å². The standard InChI is InChI=1S/C13H24N2O2/c1-5-14(3)13(17)15(4)12-8-6-11(7-9-12)10(2)16/h11-12H,5-9H2,1-4H3. The summed E-state index contributed by atoms with van der Waals surface area (Å²) in [7, 11) is 3.69. The van der Waals surface area contributed by atoms with E-state index in [1.807, 2.05) is 25.9 Å². The molecule has 1 rings (SSSR count). The van der Waals surface area contributed by atoms with Crippen molar-refractivity contribution in [2.45, 2.75) is 45.6 Å². The summed E-state index contributed by atoms with van der Waals surface area (Å²) < 4.78 is 0. The van der Waals surface area contributed by atoms with Gasteiger partial charge in [0.2, 0.25) is 0 Å². The van der Waals surface area contributed by atoms with Gasteiger partial charge >= 0.3 is 6.03 Å². The van der Waals surface area contributed by atoms with E-state index in [1.54, 1.807) is 11.8 Å². The van der Waals surface area contributed by atoms with Crippen LogP contribution in [0.15, 0.2) is 0 Å². The summed E-state index contributed by atoms with van der Waals surface area (Å²) in [5.74, 6) is 0.516. The van der Waals surface area contributed by atoms with E-state index in [0.717, 1.165) is 32.2 Å². The number of amides is 2. The molecule has 0 aromatic heterocycles. The molecule has 1 fully saturated rings. The van der Waals surface area contributed by atoms with Gasteiger partial charge in [-0.1, -0.05) is 0 Å². The number of carbonyl (C=O) groups excluding carboxylic acids is 2. The molecular weight excluding hydrogens is 216 g/mol. The summed E-state index contributed by atoms with van der Waals surface area (Å²) in [6.07, 6.45) is 3.75. The highest BCUT2D eigenvalue weighted by molar-refractivity contribution is 5.78. The van der Waals surface area contributed by atoms with Crippen LogP contribution in [0.25, 0.3) is 0 Å². The van der Waals surface area contributed by atoms with Gasteiger partial charge in [-0.25, -0.2) is 4.79 Å². The topological polar surface area (TPSA) is 40.6 Å². The van der Waals surface area contributed by atoms with Crippen molar-refractivity contribution in [3.8, 4) is 0 Å². The Morgan fingerprint density at radius 1 is 1.12 bits per heavy atom. The van der Waals surface area contributed by atoms with Crippen LogP contribution >= 0.6 is 0 Å². The van der Waals surface area contributed by atoms with Crippen molar-refractivity contribution < 1.29 is 9.59 Å². The monoisotopic (exact) mass is 240 g/mol. The molecule has 0 aromatic carbocycles. The van der Waals surface area contributed by atoms with Crippen LogP contribution < -0.4 is 0 Å². The summed E-state index contributed by atoms with van der Waals surface area (Å²) in [5.41, 5.74) is 0. The predicted molar refractivity (Wildman–Crippen MR) is 67.9 cm³/mol. The minimum absolute atomic E-state index is 0.0822. The van der Waals surface area contributed by atoms with Crippen LogP contribution in [0, 0.1) is 5.92 Å². The smallest absolute Gasteiger partial charge is 0.319 e. The second-order valence-corrected chi connectivity index (χ2v) is 5.02. The SMILES string of the molecule is CCN(C)C(=O)N(C)C1CCC(C(C)=O)CC1. The molecule has 0 atom stereocenters. The third-order valence-electron chi connectivity index (χ3n) is 3.92. The van der Waals surface area contributed by atoms with E-state index in [0.29, 0.717) is 11.8 Å². The fraction of sp³-hybridized carbons (Fsp3) is 0.846. The van der Waals surface area contributed by atoms with Crippen molar-refractivity contribution in [1.82, 2.24) is 9.80 Å². The third-order valence-corrected chi connectivity index (χ3v) is 3.92. The molecule has 0 unspecified atom stereocenters. The molecular formula is C13H24N2O2. The zero-order valence-corrected chi connectivity index (χ0v) is 11.4. The van der Waals surface area contributed by atoms with Gasteiger partial charge in [0.1, 0.15) is 5.78 Å². The average molecular weight is 240 g/mol. The second kappa shape index (κ2) is 6.03. The molecule has 1 aliphatic rings. The lowest BCUT2D eigenvalue weighted by molar-refractivity contribution is -0.121. The van der Waals surface area contributed by atoms with E-state index in [4.69, 9.17) is 0 Å². The van der Waals surface area contributed by atoms with E-state index in [2.05, 4.69) is 0 Å². The van der Waals surface area contributed by atoms with Gasteiger partial charge < -0.3 is 9.80 Å². The lowest BCUT2D eigenvalue weighted by Crippen LogP contribution is -2.46. The second-order valence-electron chi connectivity index (χ2n) is 5.02. The number of Topliss-reactive ketones (excluding diaryl/α,β-unsaturated/α-hetero) is 1.